The molecule has 0 aliphatic rings. The van der Waals surface area contributed by atoms with Crippen molar-refractivity contribution in [2.24, 2.45) is 0 Å². The highest BCUT2D eigenvalue weighted by atomic mass is 32.1. The minimum Gasteiger partial charge on any atom is -0.443 e. The molecule has 138 valence electrons. The molecular weight excluding hydrogens is 360 g/mol. The van der Waals surface area contributed by atoms with Crippen molar-refractivity contribution < 1.29 is 14.3 Å². The van der Waals surface area contributed by atoms with Crippen molar-refractivity contribution in [3.05, 3.63) is 76.8 Å². The van der Waals surface area contributed by atoms with Crippen molar-refractivity contribution in [2.75, 3.05) is 14.1 Å². The molecule has 27 heavy (non-hydrogen) atoms. The van der Waals surface area contributed by atoms with Crippen molar-refractivity contribution in [3.63, 3.8) is 0 Å². The molecule has 0 saturated heterocycles. The third-order valence-electron chi connectivity index (χ3n) is 4.00. The molecule has 6 heteroatoms. The summed E-state index contributed by atoms with van der Waals surface area (Å²) in [5, 5.41) is 0.746. The summed E-state index contributed by atoms with van der Waals surface area (Å²) < 4.78 is 5.62. The number of thiazole rings is 1. The Kier molecular flexibility index (Phi) is 5.66. The molecule has 3 aromatic rings. The first-order chi connectivity index (χ1) is 13.0. The number of esters is 1. The van der Waals surface area contributed by atoms with Gasteiger partial charge in [0.1, 0.15) is 9.88 Å². The van der Waals surface area contributed by atoms with Crippen molar-refractivity contribution in [1.82, 2.24) is 9.88 Å². The number of amides is 1. The van der Waals surface area contributed by atoms with Crippen LogP contribution in [0.2, 0.25) is 0 Å². The Balaban J connectivity index is 1.88. The number of carbonyl (C=O) groups excluding carboxylic acids is 2. The van der Waals surface area contributed by atoms with E-state index in [4.69, 9.17) is 4.74 Å². The molecule has 0 bridgehead atoms. The number of hydrogen-bond acceptors (Lipinski definition) is 5. The molecule has 1 aromatic heterocycles. The lowest BCUT2D eigenvalue weighted by Gasteiger charge is -2.21. The molecule has 0 unspecified atom stereocenters. The normalized spacial score (nSPS) is 11.7. The zero-order valence-electron chi connectivity index (χ0n) is 15.4. The summed E-state index contributed by atoms with van der Waals surface area (Å²) in [7, 11) is 3.27. The van der Waals surface area contributed by atoms with Crippen LogP contribution in [0.4, 0.5) is 0 Å². The predicted octanol–water partition coefficient (Wildman–Crippen LogP) is 4.10. The number of aromatic nitrogens is 1. The summed E-state index contributed by atoms with van der Waals surface area (Å²) in [5.41, 5.74) is 2.16. The van der Waals surface area contributed by atoms with Gasteiger partial charge in [-0.3, -0.25) is 4.79 Å². The highest BCUT2D eigenvalue weighted by molar-refractivity contribution is 7.17. The molecule has 2 aromatic carbocycles. The second-order valence-corrected chi connectivity index (χ2v) is 7.23. The van der Waals surface area contributed by atoms with Crippen molar-refractivity contribution >= 4 is 23.2 Å². The molecule has 0 aliphatic heterocycles. The quantitative estimate of drug-likeness (QED) is 0.625. The number of aryl methyl sites for hydroxylation is 1. The van der Waals surface area contributed by atoms with Gasteiger partial charge in [0.2, 0.25) is 6.10 Å². The highest BCUT2D eigenvalue weighted by Crippen LogP contribution is 2.30. The fourth-order valence-corrected chi connectivity index (χ4v) is 3.53. The number of hydrogen-bond donors (Lipinski definition) is 0. The van der Waals surface area contributed by atoms with Crippen LogP contribution >= 0.6 is 11.3 Å². The minimum atomic E-state index is -0.990. The van der Waals surface area contributed by atoms with Gasteiger partial charge in [-0.1, -0.05) is 60.7 Å². The molecule has 1 atom stereocenters. The summed E-state index contributed by atoms with van der Waals surface area (Å²) >= 11 is 1.27. The first-order valence-corrected chi connectivity index (χ1v) is 9.29. The molecule has 0 radical (unpaired) electrons. The van der Waals surface area contributed by atoms with Crippen molar-refractivity contribution in [1.29, 1.82) is 0 Å². The first-order valence-electron chi connectivity index (χ1n) is 8.47. The maximum Gasteiger partial charge on any atom is 0.351 e. The van der Waals surface area contributed by atoms with Gasteiger partial charge in [-0.2, -0.15) is 0 Å². The third kappa shape index (κ3) is 4.23. The molecule has 0 saturated carbocycles. The number of carbonyl (C=O) groups is 2. The van der Waals surface area contributed by atoms with Gasteiger partial charge in [0.05, 0.1) is 5.69 Å². The van der Waals surface area contributed by atoms with Crippen LogP contribution in [0, 0.1) is 6.92 Å². The average molecular weight is 380 g/mol. The number of nitrogens with zero attached hydrogens (tertiary/aromatic N) is 2. The van der Waals surface area contributed by atoms with Crippen LogP contribution in [-0.2, 0) is 9.53 Å². The van der Waals surface area contributed by atoms with E-state index in [1.807, 2.05) is 48.5 Å². The lowest BCUT2D eigenvalue weighted by molar-refractivity contribution is -0.138. The Morgan fingerprint density at radius 1 is 1.00 bits per heavy atom. The van der Waals surface area contributed by atoms with Gasteiger partial charge in [0.25, 0.3) is 5.91 Å². The van der Waals surface area contributed by atoms with E-state index in [2.05, 4.69) is 4.98 Å². The molecule has 0 N–H and O–H groups in total. The molecule has 0 aliphatic carbocycles. The van der Waals surface area contributed by atoms with Crippen LogP contribution in [0.15, 0.2) is 60.7 Å². The fourth-order valence-electron chi connectivity index (χ4n) is 2.57. The van der Waals surface area contributed by atoms with Crippen LogP contribution in [0.25, 0.3) is 10.6 Å². The maximum absolute atomic E-state index is 12.8. The molecule has 0 spiro atoms. The Morgan fingerprint density at radius 3 is 2.19 bits per heavy atom. The topological polar surface area (TPSA) is 59.5 Å². The smallest absolute Gasteiger partial charge is 0.351 e. The zero-order chi connectivity index (χ0) is 19.4. The lowest BCUT2D eigenvalue weighted by Crippen LogP contribution is -2.31. The Morgan fingerprint density at radius 2 is 1.59 bits per heavy atom. The van der Waals surface area contributed by atoms with Gasteiger partial charge < -0.3 is 9.64 Å². The molecule has 0 fully saturated rings. The summed E-state index contributed by atoms with van der Waals surface area (Å²) in [6.45, 7) is 1.77. The van der Waals surface area contributed by atoms with Crippen LogP contribution in [0.3, 0.4) is 0 Å². The maximum atomic E-state index is 12.8. The lowest BCUT2D eigenvalue weighted by atomic mass is 10.1. The van der Waals surface area contributed by atoms with E-state index in [-0.39, 0.29) is 5.91 Å². The number of rotatable bonds is 5. The minimum absolute atomic E-state index is 0.292. The van der Waals surface area contributed by atoms with Crippen molar-refractivity contribution in [3.8, 4) is 10.6 Å². The van der Waals surface area contributed by atoms with E-state index < -0.39 is 12.1 Å². The Bertz CT molecular complexity index is 937. The summed E-state index contributed by atoms with van der Waals surface area (Å²) in [6, 6.07) is 18.7. The summed E-state index contributed by atoms with van der Waals surface area (Å²) in [4.78, 5) is 31.7. The molecule has 3 rings (SSSR count). The number of benzene rings is 2. The van der Waals surface area contributed by atoms with E-state index >= 15 is 0 Å². The molecule has 5 nitrogen and oxygen atoms in total. The molecular formula is C21H20N2O3S. The monoisotopic (exact) mass is 380 g/mol. The summed E-state index contributed by atoms with van der Waals surface area (Å²) in [6.07, 6.45) is -0.990. The second kappa shape index (κ2) is 8.14. The first kappa shape index (κ1) is 18.8. The largest absolute Gasteiger partial charge is 0.443 e. The van der Waals surface area contributed by atoms with Gasteiger partial charge in [0.15, 0.2) is 0 Å². The van der Waals surface area contributed by atoms with E-state index in [9.17, 15) is 9.59 Å². The second-order valence-electron chi connectivity index (χ2n) is 6.23. The van der Waals surface area contributed by atoms with Gasteiger partial charge in [-0.25, -0.2) is 9.78 Å². The standard InChI is InChI=1S/C21H20N2O3S/c1-14-18(27-19(22-14)16-12-8-5-9-13-16)21(25)26-17(20(24)23(2)3)15-10-6-4-7-11-15/h4-13,17H,1-3H3/t17-/m1/s1. The van der Waals surface area contributed by atoms with Crippen LogP contribution in [0.5, 0.6) is 0 Å². The van der Waals surface area contributed by atoms with E-state index in [0.717, 1.165) is 10.6 Å². The fraction of sp³-hybridized carbons (Fsp3) is 0.190. The summed E-state index contributed by atoms with van der Waals surface area (Å²) in [5.74, 6) is -0.837. The van der Waals surface area contributed by atoms with Crippen LogP contribution in [-0.4, -0.2) is 35.9 Å². The SMILES string of the molecule is Cc1nc(-c2ccccc2)sc1C(=O)O[C@@H](C(=O)N(C)C)c1ccccc1. The Hall–Kier alpha value is -2.99. The van der Waals surface area contributed by atoms with Gasteiger partial charge >= 0.3 is 5.97 Å². The van der Waals surface area contributed by atoms with Gasteiger partial charge in [0, 0.05) is 25.2 Å². The zero-order valence-corrected chi connectivity index (χ0v) is 16.2. The predicted molar refractivity (Wildman–Crippen MR) is 106 cm³/mol. The van der Waals surface area contributed by atoms with Crippen LogP contribution in [0.1, 0.15) is 27.0 Å². The van der Waals surface area contributed by atoms with E-state index in [1.54, 1.807) is 33.2 Å². The van der Waals surface area contributed by atoms with Gasteiger partial charge in [-0.15, -0.1) is 11.3 Å². The Labute approximate surface area is 162 Å². The van der Waals surface area contributed by atoms with E-state index in [0.29, 0.717) is 16.1 Å². The van der Waals surface area contributed by atoms with E-state index in [1.165, 1.54) is 16.2 Å². The highest BCUT2D eigenvalue weighted by Gasteiger charge is 2.28. The number of ether oxygens (including phenoxy) is 1. The van der Waals surface area contributed by atoms with Gasteiger partial charge in [-0.05, 0) is 6.92 Å². The molecule has 1 heterocycles. The number of likely N-dealkylation sites (N-methyl/N-ethyl adjacent to an activating group) is 1. The molecule has 1 amide bonds. The average Bonchev–Trinajstić information content (AvgIpc) is 3.08. The third-order valence-corrected chi connectivity index (χ3v) is 5.18. The van der Waals surface area contributed by atoms with Crippen molar-refractivity contribution in [2.45, 2.75) is 13.0 Å². The van der Waals surface area contributed by atoms with Crippen LogP contribution < -0.4 is 0 Å².